The highest BCUT2D eigenvalue weighted by Crippen LogP contribution is 2.31. The molecule has 0 atom stereocenters. The Bertz CT molecular complexity index is 721. The van der Waals surface area contributed by atoms with Gasteiger partial charge in [0.25, 0.3) is 0 Å². The molecule has 0 fully saturated rings. The first kappa shape index (κ1) is 6.49. The fourth-order valence-electron chi connectivity index (χ4n) is 2.26. The highest BCUT2D eigenvalue weighted by molar-refractivity contribution is 6.06. The summed E-state index contributed by atoms with van der Waals surface area (Å²) < 4.78 is 7.72. The molecule has 14 heavy (non-hydrogen) atoms. The molecule has 66 valence electrons. The first-order valence-electron chi connectivity index (χ1n) is 4.64. The highest BCUT2D eigenvalue weighted by Gasteiger charge is 2.12. The third-order valence-electron chi connectivity index (χ3n) is 2.85. The SMILES string of the molecule is c1cc2ccc3c4ccoc4c(c1)n23. The Balaban J connectivity index is 2.58. The van der Waals surface area contributed by atoms with E-state index < -0.39 is 0 Å². The van der Waals surface area contributed by atoms with Gasteiger partial charge in [-0.25, -0.2) is 0 Å². The molecule has 0 unspecified atom stereocenters. The van der Waals surface area contributed by atoms with Gasteiger partial charge in [0.1, 0.15) is 0 Å². The summed E-state index contributed by atoms with van der Waals surface area (Å²) in [4.78, 5) is 0. The van der Waals surface area contributed by atoms with Crippen LogP contribution in [0.5, 0.6) is 0 Å². The van der Waals surface area contributed by atoms with Crippen molar-refractivity contribution in [3.63, 3.8) is 0 Å². The molecule has 0 aromatic carbocycles. The molecule has 4 heterocycles. The lowest BCUT2D eigenvalue weighted by Gasteiger charge is -1.93. The van der Waals surface area contributed by atoms with Crippen LogP contribution in [-0.2, 0) is 0 Å². The van der Waals surface area contributed by atoms with E-state index in [0.717, 1.165) is 11.1 Å². The zero-order valence-electron chi connectivity index (χ0n) is 7.40. The minimum Gasteiger partial charge on any atom is -0.462 e. The third-order valence-corrected chi connectivity index (χ3v) is 2.85. The summed E-state index contributed by atoms with van der Waals surface area (Å²) in [5, 5.41) is 1.20. The molecule has 2 nitrogen and oxygen atoms in total. The predicted octanol–water partition coefficient (Wildman–Crippen LogP) is 3.28. The highest BCUT2D eigenvalue weighted by atomic mass is 16.3. The van der Waals surface area contributed by atoms with Crippen molar-refractivity contribution in [2.45, 2.75) is 0 Å². The van der Waals surface area contributed by atoms with E-state index in [1.54, 1.807) is 6.26 Å². The molecule has 4 rings (SSSR count). The second-order valence-corrected chi connectivity index (χ2v) is 3.55. The molecule has 4 aromatic rings. The van der Waals surface area contributed by atoms with Crippen LogP contribution in [0.1, 0.15) is 0 Å². The second-order valence-electron chi connectivity index (χ2n) is 3.55. The van der Waals surface area contributed by atoms with Crippen LogP contribution >= 0.6 is 0 Å². The Labute approximate surface area is 79.7 Å². The van der Waals surface area contributed by atoms with Crippen LogP contribution in [0.4, 0.5) is 0 Å². The summed E-state index contributed by atoms with van der Waals surface area (Å²) in [5.74, 6) is 0. The van der Waals surface area contributed by atoms with E-state index in [1.165, 1.54) is 16.4 Å². The number of fused-ring (bicyclic) bond motifs is 3. The zero-order chi connectivity index (χ0) is 9.12. The molecule has 2 heteroatoms. The summed E-state index contributed by atoms with van der Waals surface area (Å²) in [7, 11) is 0. The van der Waals surface area contributed by atoms with Gasteiger partial charge in [0.05, 0.1) is 17.3 Å². The second kappa shape index (κ2) is 1.93. The lowest BCUT2D eigenvalue weighted by atomic mass is 10.3. The summed E-state index contributed by atoms with van der Waals surface area (Å²) >= 11 is 0. The normalized spacial score (nSPS) is 12.3. The number of aromatic nitrogens is 1. The molecule has 0 radical (unpaired) electrons. The molecular weight excluding hydrogens is 174 g/mol. The van der Waals surface area contributed by atoms with Gasteiger partial charge in [-0.15, -0.1) is 0 Å². The smallest absolute Gasteiger partial charge is 0.159 e. The molecule has 0 aliphatic rings. The molecule has 0 amide bonds. The van der Waals surface area contributed by atoms with Crippen molar-refractivity contribution in [2.75, 3.05) is 0 Å². The van der Waals surface area contributed by atoms with Crippen molar-refractivity contribution in [1.29, 1.82) is 0 Å². The van der Waals surface area contributed by atoms with Gasteiger partial charge in [0.15, 0.2) is 5.58 Å². The number of nitrogens with zero attached hydrogens (tertiary/aromatic N) is 1. The van der Waals surface area contributed by atoms with Crippen LogP contribution in [0, 0.1) is 0 Å². The molecule has 0 bridgehead atoms. The van der Waals surface area contributed by atoms with Crippen molar-refractivity contribution in [3.05, 3.63) is 42.7 Å². The average molecular weight is 181 g/mol. The van der Waals surface area contributed by atoms with Crippen LogP contribution in [0.15, 0.2) is 47.1 Å². The topological polar surface area (TPSA) is 17.6 Å². The minimum absolute atomic E-state index is 0.992. The van der Waals surface area contributed by atoms with Crippen LogP contribution in [0.25, 0.3) is 27.5 Å². The number of rotatable bonds is 0. The maximum atomic E-state index is 5.49. The fourth-order valence-corrected chi connectivity index (χ4v) is 2.26. The maximum Gasteiger partial charge on any atom is 0.159 e. The van der Waals surface area contributed by atoms with Crippen molar-refractivity contribution in [1.82, 2.24) is 4.40 Å². The molecule has 0 aliphatic heterocycles. The van der Waals surface area contributed by atoms with Crippen molar-refractivity contribution >= 4 is 27.5 Å². The Kier molecular flexibility index (Phi) is 0.892. The molecule has 0 saturated carbocycles. The zero-order valence-corrected chi connectivity index (χ0v) is 7.40. The summed E-state index contributed by atoms with van der Waals surface area (Å²) in [6.07, 6.45) is 1.75. The van der Waals surface area contributed by atoms with E-state index in [-0.39, 0.29) is 0 Å². The first-order valence-corrected chi connectivity index (χ1v) is 4.64. The Morgan fingerprint density at radius 2 is 1.93 bits per heavy atom. The van der Waals surface area contributed by atoms with Gasteiger partial charge in [-0.05, 0) is 30.3 Å². The molecule has 0 N–H and O–H groups in total. The molecule has 4 aromatic heterocycles. The minimum atomic E-state index is 0.992. The number of hydrogen-bond donors (Lipinski definition) is 0. The van der Waals surface area contributed by atoms with Gasteiger partial charge in [0, 0.05) is 10.9 Å². The summed E-state index contributed by atoms with van der Waals surface area (Å²) in [5.41, 5.74) is 4.61. The summed E-state index contributed by atoms with van der Waals surface area (Å²) in [6.45, 7) is 0. The van der Waals surface area contributed by atoms with Gasteiger partial charge in [0.2, 0.25) is 0 Å². The van der Waals surface area contributed by atoms with E-state index in [4.69, 9.17) is 4.42 Å². The van der Waals surface area contributed by atoms with Gasteiger partial charge in [-0.3, -0.25) is 0 Å². The van der Waals surface area contributed by atoms with Gasteiger partial charge in [-0.1, -0.05) is 6.07 Å². The largest absolute Gasteiger partial charge is 0.462 e. The molecule has 0 spiro atoms. The number of pyridine rings is 1. The number of furan rings is 1. The molecule has 0 aliphatic carbocycles. The predicted molar refractivity (Wildman–Crippen MR) is 55.9 cm³/mol. The lowest BCUT2D eigenvalue weighted by molar-refractivity contribution is 0.618. The van der Waals surface area contributed by atoms with E-state index in [2.05, 4.69) is 34.7 Å². The van der Waals surface area contributed by atoms with Gasteiger partial charge < -0.3 is 8.82 Å². The van der Waals surface area contributed by atoms with Crippen LogP contribution < -0.4 is 0 Å². The van der Waals surface area contributed by atoms with Crippen molar-refractivity contribution < 1.29 is 4.42 Å². The van der Waals surface area contributed by atoms with Crippen LogP contribution in [0.2, 0.25) is 0 Å². The standard InChI is InChI=1S/C12H7NO/c1-2-8-4-5-10-9-6-7-14-12(9)11(3-1)13(8)10/h1-7H. The fraction of sp³-hybridized carbons (Fsp3) is 0. The molecular formula is C12H7NO. The monoisotopic (exact) mass is 181 g/mol. The van der Waals surface area contributed by atoms with Crippen LogP contribution in [0.3, 0.4) is 0 Å². The third kappa shape index (κ3) is 0.538. The maximum absolute atomic E-state index is 5.49. The Hall–Kier alpha value is -1.96. The van der Waals surface area contributed by atoms with Crippen molar-refractivity contribution in [2.24, 2.45) is 0 Å². The Morgan fingerprint density at radius 1 is 0.929 bits per heavy atom. The average Bonchev–Trinajstić information content (AvgIpc) is 2.87. The van der Waals surface area contributed by atoms with E-state index in [9.17, 15) is 0 Å². The van der Waals surface area contributed by atoms with Crippen molar-refractivity contribution in [3.8, 4) is 0 Å². The van der Waals surface area contributed by atoms with E-state index >= 15 is 0 Å². The van der Waals surface area contributed by atoms with E-state index in [0.29, 0.717) is 0 Å². The molecule has 0 saturated heterocycles. The van der Waals surface area contributed by atoms with Gasteiger partial charge in [-0.2, -0.15) is 0 Å². The van der Waals surface area contributed by atoms with E-state index in [1.807, 2.05) is 6.07 Å². The first-order chi connectivity index (χ1) is 6.95. The van der Waals surface area contributed by atoms with Crippen LogP contribution in [-0.4, -0.2) is 4.40 Å². The number of hydrogen-bond acceptors (Lipinski definition) is 1. The summed E-state index contributed by atoms with van der Waals surface area (Å²) in [6, 6.07) is 12.6. The Morgan fingerprint density at radius 3 is 2.93 bits per heavy atom. The lowest BCUT2D eigenvalue weighted by Crippen LogP contribution is -1.79. The van der Waals surface area contributed by atoms with Gasteiger partial charge >= 0.3 is 0 Å². The quantitative estimate of drug-likeness (QED) is 0.407.